The fourth-order valence-electron chi connectivity index (χ4n) is 2.10. The number of rotatable bonds is 6. The zero-order chi connectivity index (χ0) is 18.4. The van der Waals surface area contributed by atoms with Gasteiger partial charge >= 0.3 is 0 Å². The number of carbonyl (C=O) groups is 2. The Kier molecular flexibility index (Phi) is 6.46. The maximum atomic E-state index is 12.3. The standard InChI is InChI=1S/C17H19BrN4O3/c1-3-8-19-17(25)14-20-9-13(16(24)22-14)15(23)21-10(2)11-4-6-12(18)7-5-11/h4-7,9-10H,3,8H2,1-2H3,(H,19,25)(H,21,23)(H,20,22,24). The van der Waals surface area contributed by atoms with Crippen LogP contribution in [0.2, 0.25) is 0 Å². The third kappa shape index (κ3) is 4.99. The summed E-state index contributed by atoms with van der Waals surface area (Å²) in [6.07, 6.45) is 1.88. The van der Waals surface area contributed by atoms with E-state index in [1.165, 1.54) is 0 Å². The van der Waals surface area contributed by atoms with Gasteiger partial charge in [-0.1, -0.05) is 35.0 Å². The summed E-state index contributed by atoms with van der Waals surface area (Å²) in [5, 5.41) is 5.35. The number of hydrogen-bond donors (Lipinski definition) is 3. The van der Waals surface area contributed by atoms with E-state index in [0.717, 1.165) is 22.7 Å². The highest BCUT2D eigenvalue weighted by Crippen LogP contribution is 2.16. The smallest absolute Gasteiger partial charge is 0.287 e. The van der Waals surface area contributed by atoms with Crippen molar-refractivity contribution in [2.24, 2.45) is 0 Å². The van der Waals surface area contributed by atoms with Crippen molar-refractivity contribution >= 4 is 27.7 Å². The van der Waals surface area contributed by atoms with E-state index in [1.807, 2.05) is 38.1 Å². The molecule has 7 nitrogen and oxygen atoms in total. The molecule has 0 saturated heterocycles. The molecule has 0 bridgehead atoms. The van der Waals surface area contributed by atoms with Crippen molar-refractivity contribution in [3.05, 3.63) is 62.2 Å². The number of nitrogens with one attached hydrogen (secondary N) is 3. The Bertz CT molecular complexity index is 817. The summed E-state index contributed by atoms with van der Waals surface area (Å²) in [5.74, 6) is -1.14. The van der Waals surface area contributed by atoms with Crippen LogP contribution < -0.4 is 16.2 Å². The number of carbonyl (C=O) groups excluding carboxylic acids is 2. The zero-order valence-corrected chi connectivity index (χ0v) is 15.5. The Morgan fingerprint density at radius 2 is 1.92 bits per heavy atom. The number of amides is 2. The molecule has 0 saturated carbocycles. The molecule has 1 heterocycles. The van der Waals surface area contributed by atoms with E-state index in [9.17, 15) is 14.4 Å². The molecule has 1 atom stereocenters. The molecule has 1 unspecified atom stereocenters. The highest BCUT2D eigenvalue weighted by Gasteiger charge is 2.17. The van der Waals surface area contributed by atoms with Crippen LogP contribution in [0.15, 0.2) is 39.7 Å². The number of benzene rings is 1. The van der Waals surface area contributed by atoms with Gasteiger partial charge in [0, 0.05) is 17.2 Å². The van der Waals surface area contributed by atoms with Crippen LogP contribution in [0.4, 0.5) is 0 Å². The quantitative estimate of drug-likeness (QED) is 0.683. The SMILES string of the molecule is CCCNC(=O)c1ncc(C(=O)NC(C)c2ccc(Br)cc2)c(=O)[nH]1. The van der Waals surface area contributed by atoms with Crippen molar-refractivity contribution in [1.82, 2.24) is 20.6 Å². The van der Waals surface area contributed by atoms with Crippen molar-refractivity contribution in [2.45, 2.75) is 26.3 Å². The van der Waals surface area contributed by atoms with E-state index >= 15 is 0 Å². The fourth-order valence-corrected chi connectivity index (χ4v) is 2.37. The third-order valence-electron chi connectivity index (χ3n) is 3.51. The summed E-state index contributed by atoms with van der Waals surface area (Å²) in [6.45, 7) is 4.21. The van der Waals surface area contributed by atoms with Gasteiger partial charge in [-0.3, -0.25) is 14.4 Å². The predicted octanol–water partition coefficient (Wildman–Crippen LogP) is 2.16. The normalized spacial score (nSPS) is 11.6. The topological polar surface area (TPSA) is 104 Å². The molecule has 0 radical (unpaired) electrons. The summed E-state index contributed by atoms with van der Waals surface area (Å²) in [7, 11) is 0. The van der Waals surface area contributed by atoms with E-state index in [-0.39, 0.29) is 17.4 Å². The molecule has 2 aromatic rings. The molecule has 0 aliphatic carbocycles. The first-order valence-electron chi connectivity index (χ1n) is 7.86. The Balaban J connectivity index is 2.10. The highest BCUT2D eigenvalue weighted by atomic mass is 79.9. The molecule has 0 fully saturated rings. The molecule has 1 aromatic carbocycles. The van der Waals surface area contributed by atoms with E-state index in [4.69, 9.17) is 0 Å². The van der Waals surface area contributed by atoms with Crippen LogP contribution in [0.3, 0.4) is 0 Å². The zero-order valence-electron chi connectivity index (χ0n) is 13.9. The largest absolute Gasteiger partial charge is 0.349 e. The van der Waals surface area contributed by atoms with Crippen LogP contribution in [-0.4, -0.2) is 28.3 Å². The minimum absolute atomic E-state index is 0.115. The van der Waals surface area contributed by atoms with E-state index in [1.54, 1.807) is 0 Å². The van der Waals surface area contributed by atoms with Crippen molar-refractivity contribution in [3.63, 3.8) is 0 Å². The third-order valence-corrected chi connectivity index (χ3v) is 4.04. The second kappa shape index (κ2) is 8.57. The minimum Gasteiger partial charge on any atom is -0.349 e. The average Bonchev–Trinajstić information content (AvgIpc) is 2.59. The highest BCUT2D eigenvalue weighted by molar-refractivity contribution is 9.10. The molecule has 2 rings (SSSR count). The monoisotopic (exact) mass is 406 g/mol. The molecule has 1 aromatic heterocycles. The summed E-state index contributed by atoms with van der Waals surface area (Å²) in [5.41, 5.74) is 0.102. The van der Waals surface area contributed by atoms with Gasteiger partial charge in [0.2, 0.25) is 0 Å². The molecule has 2 amide bonds. The maximum Gasteiger partial charge on any atom is 0.287 e. The number of nitrogens with zero attached hydrogens (tertiary/aromatic N) is 1. The first kappa shape index (κ1) is 18.9. The maximum absolute atomic E-state index is 12.3. The van der Waals surface area contributed by atoms with Gasteiger partial charge in [-0.25, -0.2) is 4.98 Å². The number of H-pyrrole nitrogens is 1. The Hall–Kier alpha value is -2.48. The average molecular weight is 407 g/mol. The minimum atomic E-state index is -0.655. The van der Waals surface area contributed by atoms with Crippen LogP contribution in [0.25, 0.3) is 0 Å². The van der Waals surface area contributed by atoms with Gasteiger partial charge in [-0.2, -0.15) is 0 Å². The number of hydrogen-bond acceptors (Lipinski definition) is 4. The summed E-state index contributed by atoms with van der Waals surface area (Å²) >= 11 is 3.35. The van der Waals surface area contributed by atoms with Crippen molar-refractivity contribution in [2.75, 3.05) is 6.54 Å². The van der Waals surface area contributed by atoms with E-state index in [2.05, 4.69) is 36.5 Å². The van der Waals surface area contributed by atoms with Crippen LogP contribution >= 0.6 is 15.9 Å². The van der Waals surface area contributed by atoms with Gasteiger partial charge in [0.25, 0.3) is 17.4 Å². The van der Waals surface area contributed by atoms with Gasteiger partial charge in [-0.15, -0.1) is 0 Å². The van der Waals surface area contributed by atoms with Crippen molar-refractivity contribution in [1.29, 1.82) is 0 Å². The number of halogens is 1. The molecule has 8 heteroatoms. The molecule has 25 heavy (non-hydrogen) atoms. The Labute approximate surface area is 153 Å². The van der Waals surface area contributed by atoms with Crippen LogP contribution in [0.5, 0.6) is 0 Å². The van der Waals surface area contributed by atoms with E-state index < -0.39 is 17.4 Å². The lowest BCUT2D eigenvalue weighted by molar-refractivity contribution is 0.0924. The first-order valence-corrected chi connectivity index (χ1v) is 8.65. The summed E-state index contributed by atoms with van der Waals surface area (Å²) in [6, 6.07) is 7.20. The molecular formula is C17H19BrN4O3. The lowest BCUT2D eigenvalue weighted by atomic mass is 10.1. The van der Waals surface area contributed by atoms with Crippen LogP contribution in [-0.2, 0) is 0 Å². The number of aromatic nitrogens is 2. The summed E-state index contributed by atoms with van der Waals surface area (Å²) < 4.78 is 0.937. The van der Waals surface area contributed by atoms with Gasteiger partial charge in [0.15, 0.2) is 5.82 Å². The molecule has 132 valence electrons. The van der Waals surface area contributed by atoms with Gasteiger partial charge in [-0.05, 0) is 31.0 Å². The molecule has 3 N–H and O–H groups in total. The molecular weight excluding hydrogens is 388 g/mol. The van der Waals surface area contributed by atoms with E-state index in [0.29, 0.717) is 6.54 Å². The summed E-state index contributed by atoms with van der Waals surface area (Å²) in [4.78, 5) is 42.4. The second-order valence-corrected chi connectivity index (χ2v) is 6.39. The molecule has 0 aliphatic heterocycles. The molecule has 0 aliphatic rings. The second-order valence-electron chi connectivity index (χ2n) is 5.48. The lowest BCUT2D eigenvalue weighted by Crippen LogP contribution is -2.34. The Morgan fingerprint density at radius 1 is 1.24 bits per heavy atom. The Morgan fingerprint density at radius 3 is 2.52 bits per heavy atom. The van der Waals surface area contributed by atoms with Crippen LogP contribution in [0, 0.1) is 0 Å². The first-order chi connectivity index (χ1) is 11.9. The van der Waals surface area contributed by atoms with Crippen molar-refractivity contribution < 1.29 is 9.59 Å². The fraction of sp³-hybridized carbons (Fsp3) is 0.294. The predicted molar refractivity (Wildman–Crippen MR) is 97.5 cm³/mol. The lowest BCUT2D eigenvalue weighted by Gasteiger charge is -2.14. The van der Waals surface area contributed by atoms with Gasteiger partial charge < -0.3 is 15.6 Å². The van der Waals surface area contributed by atoms with Crippen molar-refractivity contribution in [3.8, 4) is 0 Å². The molecule has 0 spiro atoms. The van der Waals surface area contributed by atoms with Gasteiger partial charge in [0.05, 0.1) is 6.04 Å². The van der Waals surface area contributed by atoms with Crippen LogP contribution in [0.1, 0.15) is 52.9 Å². The number of aromatic amines is 1. The van der Waals surface area contributed by atoms with Gasteiger partial charge in [0.1, 0.15) is 5.56 Å².